The zero-order valence-electron chi connectivity index (χ0n) is 11.5. The molecule has 0 radical (unpaired) electrons. The average molecular weight is 282 g/mol. The Labute approximate surface area is 121 Å². The Morgan fingerprint density at radius 1 is 1.33 bits per heavy atom. The number of anilines is 1. The maximum Gasteiger partial charge on any atom is 0.361 e. The number of fused-ring (bicyclic) bond motifs is 1. The summed E-state index contributed by atoms with van der Waals surface area (Å²) in [6.07, 6.45) is 5.05. The summed E-state index contributed by atoms with van der Waals surface area (Å²) in [6, 6.07) is 7.80. The number of nitrogens with zero attached hydrogens (tertiary/aromatic N) is 3. The van der Waals surface area contributed by atoms with Crippen LogP contribution in [0.3, 0.4) is 0 Å². The Morgan fingerprint density at radius 3 is 2.95 bits per heavy atom. The lowest BCUT2D eigenvalue weighted by atomic mass is 10.1. The van der Waals surface area contributed by atoms with E-state index < -0.39 is 5.97 Å². The SMILES string of the molecule is CCOC(=O)c1nn(-c2cncc3ccccc23)cc1N. The van der Waals surface area contributed by atoms with E-state index >= 15 is 0 Å². The molecule has 6 nitrogen and oxygen atoms in total. The van der Waals surface area contributed by atoms with Crippen molar-refractivity contribution in [2.45, 2.75) is 6.92 Å². The largest absolute Gasteiger partial charge is 0.461 e. The molecule has 1 aromatic carbocycles. The topological polar surface area (TPSA) is 83.0 Å². The molecule has 0 aliphatic heterocycles. The number of rotatable bonds is 3. The van der Waals surface area contributed by atoms with E-state index in [4.69, 9.17) is 10.5 Å². The number of aromatic nitrogens is 3. The normalized spacial score (nSPS) is 10.7. The number of nitrogen functional groups attached to an aromatic ring is 1. The van der Waals surface area contributed by atoms with Crippen molar-refractivity contribution in [2.75, 3.05) is 12.3 Å². The second kappa shape index (κ2) is 5.24. The quantitative estimate of drug-likeness (QED) is 0.744. The van der Waals surface area contributed by atoms with Gasteiger partial charge in [0, 0.05) is 17.0 Å². The number of hydrogen-bond donors (Lipinski definition) is 1. The molecule has 0 spiro atoms. The molecule has 0 bridgehead atoms. The van der Waals surface area contributed by atoms with Gasteiger partial charge in [-0.15, -0.1) is 0 Å². The molecule has 2 heterocycles. The van der Waals surface area contributed by atoms with Gasteiger partial charge in [0.25, 0.3) is 0 Å². The molecule has 0 atom stereocenters. The summed E-state index contributed by atoms with van der Waals surface area (Å²) in [7, 11) is 0. The molecule has 106 valence electrons. The summed E-state index contributed by atoms with van der Waals surface area (Å²) >= 11 is 0. The summed E-state index contributed by atoms with van der Waals surface area (Å²) in [5, 5.41) is 6.19. The lowest BCUT2D eigenvalue weighted by Crippen LogP contribution is -2.08. The predicted octanol–water partition coefficient (Wildman–Crippen LogP) is 2.18. The zero-order valence-corrected chi connectivity index (χ0v) is 11.5. The summed E-state index contributed by atoms with van der Waals surface area (Å²) in [4.78, 5) is 16.0. The van der Waals surface area contributed by atoms with Gasteiger partial charge in [-0.25, -0.2) is 9.48 Å². The second-order valence-electron chi connectivity index (χ2n) is 4.48. The molecule has 0 aliphatic carbocycles. The molecular weight excluding hydrogens is 268 g/mol. The molecule has 21 heavy (non-hydrogen) atoms. The Hall–Kier alpha value is -2.89. The van der Waals surface area contributed by atoms with Crippen LogP contribution in [0.15, 0.2) is 42.9 Å². The number of esters is 1. The van der Waals surface area contributed by atoms with Gasteiger partial charge in [-0.05, 0) is 6.92 Å². The van der Waals surface area contributed by atoms with E-state index in [1.807, 2.05) is 24.3 Å². The molecule has 0 saturated carbocycles. The number of hydrogen-bond acceptors (Lipinski definition) is 5. The van der Waals surface area contributed by atoms with Gasteiger partial charge in [0.1, 0.15) is 0 Å². The third-order valence-electron chi connectivity index (χ3n) is 3.11. The van der Waals surface area contributed by atoms with Gasteiger partial charge in [0.2, 0.25) is 0 Å². The van der Waals surface area contributed by atoms with Crippen LogP contribution in [0.1, 0.15) is 17.4 Å². The number of carbonyl (C=O) groups is 1. The Bertz CT molecular complexity index is 805. The monoisotopic (exact) mass is 282 g/mol. The highest BCUT2D eigenvalue weighted by atomic mass is 16.5. The molecule has 2 aromatic heterocycles. The molecule has 0 aliphatic rings. The van der Waals surface area contributed by atoms with Crippen molar-refractivity contribution in [3.63, 3.8) is 0 Å². The fourth-order valence-electron chi connectivity index (χ4n) is 2.15. The van der Waals surface area contributed by atoms with Crippen LogP contribution in [0.4, 0.5) is 5.69 Å². The van der Waals surface area contributed by atoms with Crippen molar-refractivity contribution < 1.29 is 9.53 Å². The highest BCUT2D eigenvalue weighted by Crippen LogP contribution is 2.22. The Kier molecular flexibility index (Phi) is 3.27. The van der Waals surface area contributed by atoms with Crippen LogP contribution in [-0.4, -0.2) is 27.3 Å². The van der Waals surface area contributed by atoms with Gasteiger partial charge < -0.3 is 10.5 Å². The fraction of sp³-hybridized carbons (Fsp3) is 0.133. The van der Waals surface area contributed by atoms with E-state index in [0.717, 1.165) is 16.5 Å². The molecule has 3 rings (SSSR count). The zero-order chi connectivity index (χ0) is 14.8. The van der Waals surface area contributed by atoms with Crippen LogP contribution in [0.5, 0.6) is 0 Å². The van der Waals surface area contributed by atoms with E-state index in [0.29, 0.717) is 0 Å². The lowest BCUT2D eigenvalue weighted by molar-refractivity contribution is 0.0520. The summed E-state index contributed by atoms with van der Waals surface area (Å²) in [5.74, 6) is -0.526. The van der Waals surface area contributed by atoms with Crippen LogP contribution in [-0.2, 0) is 4.74 Å². The van der Waals surface area contributed by atoms with Gasteiger partial charge >= 0.3 is 5.97 Å². The first-order chi connectivity index (χ1) is 10.2. The van der Waals surface area contributed by atoms with E-state index in [-0.39, 0.29) is 18.0 Å². The first-order valence-corrected chi connectivity index (χ1v) is 6.56. The van der Waals surface area contributed by atoms with Crippen LogP contribution in [0.2, 0.25) is 0 Å². The van der Waals surface area contributed by atoms with Crippen LogP contribution >= 0.6 is 0 Å². The maximum absolute atomic E-state index is 11.8. The summed E-state index contributed by atoms with van der Waals surface area (Å²) in [5.41, 5.74) is 7.00. The molecule has 2 N–H and O–H groups in total. The summed E-state index contributed by atoms with van der Waals surface area (Å²) < 4.78 is 6.49. The van der Waals surface area contributed by atoms with Gasteiger partial charge in [-0.3, -0.25) is 4.98 Å². The van der Waals surface area contributed by atoms with E-state index in [1.165, 1.54) is 0 Å². The van der Waals surface area contributed by atoms with E-state index in [1.54, 1.807) is 30.2 Å². The van der Waals surface area contributed by atoms with Crippen molar-refractivity contribution in [2.24, 2.45) is 0 Å². The first-order valence-electron chi connectivity index (χ1n) is 6.56. The molecule has 3 aromatic rings. The molecule has 0 amide bonds. The predicted molar refractivity (Wildman–Crippen MR) is 79.2 cm³/mol. The average Bonchev–Trinajstić information content (AvgIpc) is 2.89. The molecular formula is C15H14N4O2. The minimum atomic E-state index is -0.526. The Morgan fingerprint density at radius 2 is 2.14 bits per heavy atom. The summed E-state index contributed by atoms with van der Waals surface area (Å²) in [6.45, 7) is 2.01. The van der Waals surface area contributed by atoms with Gasteiger partial charge in [-0.1, -0.05) is 24.3 Å². The molecule has 0 saturated heterocycles. The lowest BCUT2D eigenvalue weighted by Gasteiger charge is -2.05. The number of benzene rings is 1. The van der Waals surface area contributed by atoms with Crippen LogP contribution < -0.4 is 5.73 Å². The van der Waals surface area contributed by atoms with Crippen molar-refractivity contribution in [3.8, 4) is 5.69 Å². The number of ether oxygens (including phenoxy) is 1. The molecule has 6 heteroatoms. The third kappa shape index (κ3) is 2.31. The smallest absolute Gasteiger partial charge is 0.361 e. The second-order valence-corrected chi connectivity index (χ2v) is 4.48. The third-order valence-corrected chi connectivity index (χ3v) is 3.11. The minimum absolute atomic E-state index is 0.116. The van der Waals surface area contributed by atoms with Crippen molar-refractivity contribution in [1.29, 1.82) is 0 Å². The Balaban J connectivity index is 2.12. The van der Waals surface area contributed by atoms with Gasteiger partial charge in [0.05, 0.1) is 30.4 Å². The number of nitrogens with two attached hydrogens (primary N) is 1. The van der Waals surface area contributed by atoms with Gasteiger partial charge in [0.15, 0.2) is 5.69 Å². The first kappa shape index (κ1) is 13.1. The van der Waals surface area contributed by atoms with Gasteiger partial charge in [-0.2, -0.15) is 5.10 Å². The highest BCUT2D eigenvalue weighted by Gasteiger charge is 2.17. The van der Waals surface area contributed by atoms with Crippen LogP contribution in [0, 0.1) is 0 Å². The molecule has 0 unspecified atom stereocenters. The van der Waals surface area contributed by atoms with E-state index in [2.05, 4.69) is 10.1 Å². The standard InChI is InChI=1S/C15H14N4O2/c1-2-21-15(20)14-12(16)9-19(18-14)13-8-17-7-10-5-3-4-6-11(10)13/h3-9H,2,16H2,1H3. The molecule has 0 fully saturated rings. The van der Waals surface area contributed by atoms with Crippen molar-refractivity contribution >= 4 is 22.4 Å². The van der Waals surface area contributed by atoms with Crippen LogP contribution in [0.25, 0.3) is 16.5 Å². The van der Waals surface area contributed by atoms with E-state index in [9.17, 15) is 4.79 Å². The maximum atomic E-state index is 11.8. The van der Waals surface area contributed by atoms with Crippen molar-refractivity contribution in [1.82, 2.24) is 14.8 Å². The fourth-order valence-corrected chi connectivity index (χ4v) is 2.15. The number of carbonyl (C=O) groups excluding carboxylic acids is 1. The van der Waals surface area contributed by atoms with Crippen molar-refractivity contribution in [3.05, 3.63) is 48.5 Å². The minimum Gasteiger partial charge on any atom is -0.461 e. The number of pyridine rings is 1. The highest BCUT2D eigenvalue weighted by molar-refractivity contribution is 5.93.